The van der Waals surface area contributed by atoms with Crippen LogP contribution in [0.1, 0.15) is 35.6 Å². The van der Waals surface area contributed by atoms with Crippen molar-refractivity contribution in [2.75, 3.05) is 6.54 Å². The molecule has 0 saturated heterocycles. The van der Waals surface area contributed by atoms with E-state index >= 15 is 0 Å². The molecule has 3 aromatic carbocycles. The first-order valence-corrected chi connectivity index (χ1v) is 10.8. The van der Waals surface area contributed by atoms with Gasteiger partial charge in [0.25, 0.3) is 0 Å². The van der Waals surface area contributed by atoms with Gasteiger partial charge in [0.2, 0.25) is 0 Å². The maximum absolute atomic E-state index is 12.1. The third-order valence-corrected chi connectivity index (χ3v) is 5.66. The van der Waals surface area contributed by atoms with Gasteiger partial charge in [-0.1, -0.05) is 78.9 Å². The Labute approximate surface area is 183 Å². The normalized spacial score (nSPS) is 12.1. The summed E-state index contributed by atoms with van der Waals surface area (Å²) in [5.74, 6) is -0.842. The standard InChI is InChI=1S/C27H28N2O2/c30-27(31)26(28-18-10-9-13-21-11-3-1-4-12-21)24-20-29(19-22-14-5-2-6-15-22)25-17-8-7-16-23(24)25/h1-8,11-12,14-17,20,26,28H,9-10,13,18-19H2,(H,30,31). The fourth-order valence-corrected chi connectivity index (χ4v) is 4.09. The maximum Gasteiger partial charge on any atom is 0.325 e. The second-order valence-electron chi connectivity index (χ2n) is 7.88. The molecule has 0 fully saturated rings. The molecule has 4 heteroatoms. The first-order valence-electron chi connectivity index (χ1n) is 10.8. The summed E-state index contributed by atoms with van der Waals surface area (Å²) in [4.78, 5) is 12.1. The third-order valence-electron chi connectivity index (χ3n) is 5.66. The number of nitrogens with one attached hydrogen (secondary N) is 1. The number of hydrogen-bond donors (Lipinski definition) is 2. The lowest BCUT2D eigenvalue weighted by Crippen LogP contribution is -2.29. The van der Waals surface area contributed by atoms with E-state index in [1.165, 1.54) is 11.1 Å². The number of carbonyl (C=O) groups is 1. The number of unbranched alkanes of at least 4 members (excludes halogenated alkanes) is 1. The Morgan fingerprint density at radius 1 is 0.839 bits per heavy atom. The van der Waals surface area contributed by atoms with Crippen LogP contribution in [-0.2, 0) is 17.8 Å². The summed E-state index contributed by atoms with van der Waals surface area (Å²) in [5.41, 5.74) is 4.39. The largest absolute Gasteiger partial charge is 0.480 e. The summed E-state index contributed by atoms with van der Waals surface area (Å²) in [6, 6.07) is 28.0. The SMILES string of the molecule is O=C(O)C(NCCCCc1ccccc1)c1cn(Cc2ccccc2)c2ccccc12. The van der Waals surface area contributed by atoms with Crippen LogP contribution >= 0.6 is 0 Å². The Balaban J connectivity index is 1.47. The summed E-state index contributed by atoms with van der Waals surface area (Å²) in [5, 5.41) is 14.2. The minimum absolute atomic E-state index is 0.669. The molecule has 158 valence electrons. The van der Waals surface area contributed by atoms with Crippen LogP contribution in [0.5, 0.6) is 0 Å². The zero-order valence-corrected chi connectivity index (χ0v) is 17.6. The van der Waals surface area contributed by atoms with Crippen LogP contribution < -0.4 is 5.32 Å². The van der Waals surface area contributed by atoms with Crippen LogP contribution in [0.3, 0.4) is 0 Å². The van der Waals surface area contributed by atoms with Crippen molar-refractivity contribution in [2.24, 2.45) is 0 Å². The van der Waals surface area contributed by atoms with Gasteiger partial charge >= 0.3 is 5.97 Å². The summed E-state index contributed by atoms with van der Waals surface area (Å²) >= 11 is 0. The van der Waals surface area contributed by atoms with Gasteiger partial charge in [-0.2, -0.15) is 0 Å². The topological polar surface area (TPSA) is 54.3 Å². The highest BCUT2D eigenvalue weighted by molar-refractivity contribution is 5.89. The summed E-state index contributed by atoms with van der Waals surface area (Å²) in [6.07, 6.45) is 4.96. The van der Waals surface area contributed by atoms with Crippen LogP contribution in [0.25, 0.3) is 10.9 Å². The molecule has 4 rings (SSSR count). The van der Waals surface area contributed by atoms with E-state index in [4.69, 9.17) is 0 Å². The highest BCUT2D eigenvalue weighted by atomic mass is 16.4. The Bertz CT molecular complexity index is 1120. The van der Waals surface area contributed by atoms with E-state index in [0.717, 1.165) is 35.7 Å². The van der Waals surface area contributed by atoms with Crippen molar-refractivity contribution >= 4 is 16.9 Å². The van der Waals surface area contributed by atoms with Crippen LogP contribution in [0.4, 0.5) is 0 Å². The van der Waals surface area contributed by atoms with E-state index in [-0.39, 0.29) is 0 Å². The molecule has 1 heterocycles. The summed E-state index contributed by atoms with van der Waals surface area (Å²) in [7, 11) is 0. The fourth-order valence-electron chi connectivity index (χ4n) is 4.09. The lowest BCUT2D eigenvalue weighted by atomic mass is 10.1. The molecule has 2 N–H and O–H groups in total. The molecular formula is C27H28N2O2. The molecule has 0 aliphatic carbocycles. The third kappa shape index (κ3) is 5.22. The van der Waals surface area contributed by atoms with Crippen molar-refractivity contribution in [2.45, 2.75) is 31.8 Å². The molecule has 0 spiro atoms. The molecule has 0 bridgehead atoms. The number of benzene rings is 3. The smallest absolute Gasteiger partial charge is 0.325 e. The number of carboxylic acid groups (broad SMARTS) is 1. The van der Waals surface area contributed by atoms with Gasteiger partial charge in [-0.15, -0.1) is 0 Å². The van der Waals surface area contributed by atoms with Gasteiger partial charge in [0.1, 0.15) is 6.04 Å². The zero-order chi connectivity index (χ0) is 21.5. The van der Waals surface area contributed by atoms with Crippen LogP contribution in [0.2, 0.25) is 0 Å². The van der Waals surface area contributed by atoms with Gasteiger partial charge in [0.15, 0.2) is 0 Å². The number of aryl methyl sites for hydroxylation is 1. The van der Waals surface area contributed by atoms with E-state index in [1.807, 2.05) is 48.7 Å². The maximum atomic E-state index is 12.1. The van der Waals surface area contributed by atoms with E-state index in [1.54, 1.807) is 0 Å². The van der Waals surface area contributed by atoms with Gasteiger partial charge in [-0.25, -0.2) is 0 Å². The molecule has 1 atom stereocenters. The highest BCUT2D eigenvalue weighted by Gasteiger charge is 2.23. The number of carboxylic acids is 1. The average molecular weight is 413 g/mol. The molecule has 1 unspecified atom stereocenters. The molecule has 4 aromatic rings. The van der Waals surface area contributed by atoms with Gasteiger partial charge < -0.3 is 15.0 Å². The number of aliphatic carboxylic acids is 1. The predicted octanol–water partition coefficient (Wildman–Crippen LogP) is 5.43. The minimum atomic E-state index is -0.842. The number of rotatable bonds is 10. The van der Waals surface area contributed by atoms with Crippen molar-refractivity contribution in [3.8, 4) is 0 Å². The van der Waals surface area contributed by atoms with E-state index < -0.39 is 12.0 Å². The number of para-hydroxylation sites is 1. The molecule has 0 aliphatic rings. The Hall–Kier alpha value is -3.37. The van der Waals surface area contributed by atoms with Crippen molar-refractivity contribution in [3.63, 3.8) is 0 Å². The lowest BCUT2D eigenvalue weighted by molar-refractivity contribution is -0.139. The molecule has 0 aliphatic heterocycles. The molecule has 0 radical (unpaired) electrons. The van der Waals surface area contributed by atoms with Crippen molar-refractivity contribution < 1.29 is 9.90 Å². The zero-order valence-electron chi connectivity index (χ0n) is 17.6. The summed E-state index contributed by atoms with van der Waals surface area (Å²) < 4.78 is 2.15. The summed E-state index contributed by atoms with van der Waals surface area (Å²) in [6.45, 7) is 1.38. The van der Waals surface area contributed by atoms with Crippen molar-refractivity contribution in [1.82, 2.24) is 9.88 Å². The Morgan fingerprint density at radius 3 is 2.19 bits per heavy atom. The van der Waals surface area contributed by atoms with E-state index in [2.05, 4.69) is 52.3 Å². The van der Waals surface area contributed by atoms with Crippen LogP contribution in [0.15, 0.2) is 91.1 Å². The van der Waals surface area contributed by atoms with E-state index in [9.17, 15) is 9.90 Å². The highest BCUT2D eigenvalue weighted by Crippen LogP contribution is 2.28. The second kappa shape index (κ2) is 10.1. The Kier molecular flexibility index (Phi) is 6.80. The fraction of sp³-hybridized carbons (Fsp3) is 0.222. The lowest BCUT2D eigenvalue weighted by Gasteiger charge is -2.14. The van der Waals surface area contributed by atoms with Crippen molar-refractivity contribution in [3.05, 3.63) is 108 Å². The number of aromatic nitrogens is 1. The van der Waals surface area contributed by atoms with E-state index in [0.29, 0.717) is 13.1 Å². The molecule has 0 amide bonds. The predicted molar refractivity (Wildman–Crippen MR) is 125 cm³/mol. The minimum Gasteiger partial charge on any atom is -0.480 e. The van der Waals surface area contributed by atoms with Crippen LogP contribution in [-0.4, -0.2) is 22.2 Å². The van der Waals surface area contributed by atoms with Crippen LogP contribution in [0, 0.1) is 0 Å². The molecule has 0 saturated carbocycles. The average Bonchev–Trinajstić information content (AvgIpc) is 3.15. The van der Waals surface area contributed by atoms with Crippen molar-refractivity contribution in [1.29, 1.82) is 0 Å². The van der Waals surface area contributed by atoms with Gasteiger partial charge in [-0.05, 0) is 43.0 Å². The molecule has 1 aromatic heterocycles. The Morgan fingerprint density at radius 2 is 1.48 bits per heavy atom. The monoisotopic (exact) mass is 412 g/mol. The number of fused-ring (bicyclic) bond motifs is 1. The first kappa shape index (κ1) is 20.9. The quantitative estimate of drug-likeness (QED) is 0.342. The van der Waals surface area contributed by atoms with Gasteiger partial charge in [0, 0.05) is 29.2 Å². The second-order valence-corrected chi connectivity index (χ2v) is 7.88. The number of nitrogens with zero attached hydrogens (tertiary/aromatic N) is 1. The molecule has 31 heavy (non-hydrogen) atoms. The first-order chi connectivity index (χ1) is 15.2. The van der Waals surface area contributed by atoms with Gasteiger partial charge in [0.05, 0.1) is 0 Å². The number of hydrogen-bond acceptors (Lipinski definition) is 2. The van der Waals surface area contributed by atoms with Gasteiger partial charge in [-0.3, -0.25) is 4.79 Å². The molecular weight excluding hydrogens is 384 g/mol. The molecule has 4 nitrogen and oxygen atoms in total.